The van der Waals surface area contributed by atoms with Gasteiger partial charge in [-0.15, -0.1) is 0 Å². The molecule has 3 nitrogen and oxygen atoms in total. The smallest absolute Gasteiger partial charge is 0.288 e. The van der Waals surface area contributed by atoms with E-state index in [4.69, 9.17) is 51.1 Å². The molecule has 0 fully saturated rings. The molecule has 8 heteroatoms. The van der Waals surface area contributed by atoms with Crippen LogP contribution in [0.3, 0.4) is 0 Å². The number of benzene rings is 1. The molecule has 122 valence electrons. The maximum Gasteiger partial charge on any atom is 0.288 e. The highest BCUT2D eigenvalue weighted by Gasteiger charge is 2.40. The van der Waals surface area contributed by atoms with Crippen LogP contribution in [0.2, 0.25) is 0 Å². The molecule has 0 spiro atoms. The Morgan fingerprint density at radius 2 is 2.05 bits per heavy atom. The SMILES string of the molecule is CN(C(=O)Sc1cccc2c1OC(C)(C)C2)C(Cl)(Cl)C(Cl)Cl. The number of fused-ring (bicyclic) bond motifs is 1. The van der Waals surface area contributed by atoms with Crippen LogP contribution in [0, 0.1) is 0 Å². The molecule has 22 heavy (non-hydrogen) atoms. The average Bonchev–Trinajstić information content (AvgIpc) is 2.72. The van der Waals surface area contributed by atoms with Gasteiger partial charge in [0.2, 0.25) is 4.46 Å². The first kappa shape index (κ1) is 18.3. The lowest BCUT2D eigenvalue weighted by Gasteiger charge is -2.31. The van der Waals surface area contributed by atoms with Gasteiger partial charge in [0.25, 0.3) is 5.24 Å². The van der Waals surface area contributed by atoms with Gasteiger partial charge >= 0.3 is 0 Å². The van der Waals surface area contributed by atoms with E-state index in [-0.39, 0.29) is 10.8 Å². The monoisotopic (exact) mass is 401 g/mol. The van der Waals surface area contributed by atoms with Gasteiger partial charge in [-0.05, 0) is 37.2 Å². The van der Waals surface area contributed by atoms with E-state index < -0.39 is 9.29 Å². The van der Waals surface area contributed by atoms with E-state index in [1.807, 2.05) is 32.0 Å². The van der Waals surface area contributed by atoms with Crippen molar-refractivity contribution >= 4 is 63.4 Å². The first-order valence-electron chi connectivity index (χ1n) is 6.47. The summed E-state index contributed by atoms with van der Waals surface area (Å²) in [7, 11) is 1.45. The molecule has 0 atom stereocenters. The highest BCUT2D eigenvalue weighted by atomic mass is 35.5. The molecular formula is C14H15Cl4NO2S. The molecule has 1 aliphatic rings. The summed E-state index contributed by atoms with van der Waals surface area (Å²) in [5, 5.41) is -0.377. The van der Waals surface area contributed by atoms with Gasteiger partial charge in [0.05, 0.1) is 4.90 Å². The first-order chi connectivity index (χ1) is 10.0. The van der Waals surface area contributed by atoms with Gasteiger partial charge in [0.15, 0.2) is 4.84 Å². The summed E-state index contributed by atoms with van der Waals surface area (Å²) in [5.74, 6) is 0.724. The summed E-state index contributed by atoms with van der Waals surface area (Å²) in [6.07, 6.45) is 0.793. The zero-order valence-electron chi connectivity index (χ0n) is 12.2. The third-order valence-corrected chi connectivity index (χ3v) is 6.25. The van der Waals surface area contributed by atoms with Crippen molar-refractivity contribution in [3.63, 3.8) is 0 Å². The number of amides is 1. The number of carbonyl (C=O) groups is 1. The Hall–Kier alpha value is -0.000000000000000111. The number of ether oxygens (including phenoxy) is 1. The van der Waals surface area contributed by atoms with Crippen LogP contribution in [0.15, 0.2) is 23.1 Å². The largest absolute Gasteiger partial charge is 0.486 e. The Labute approximate surface area is 154 Å². The summed E-state index contributed by atoms with van der Waals surface area (Å²) in [6, 6.07) is 5.70. The summed E-state index contributed by atoms with van der Waals surface area (Å²) in [4.78, 5) is 13.0. The van der Waals surface area contributed by atoms with Crippen LogP contribution in [0.4, 0.5) is 4.79 Å². The standard InChI is InChI=1S/C14H15Cl4NO2S/c1-13(2)7-8-5-4-6-9(10(8)21-13)22-12(20)19(3)14(17,18)11(15)16/h4-6,11H,7H2,1-3H3. The van der Waals surface area contributed by atoms with E-state index in [2.05, 4.69) is 0 Å². The van der Waals surface area contributed by atoms with Crippen LogP contribution >= 0.6 is 58.2 Å². The van der Waals surface area contributed by atoms with Gasteiger partial charge in [-0.2, -0.15) is 0 Å². The third-order valence-electron chi connectivity index (χ3n) is 3.24. The number of para-hydroxylation sites is 1. The lowest BCUT2D eigenvalue weighted by atomic mass is 10.0. The zero-order chi connectivity index (χ0) is 16.7. The molecule has 1 heterocycles. The zero-order valence-corrected chi connectivity index (χ0v) is 16.0. The number of hydrogen-bond acceptors (Lipinski definition) is 3. The lowest BCUT2D eigenvalue weighted by molar-refractivity contribution is 0.135. The van der Waals surface area contributed by atoms with Crippen molar-refractivity contribution in [1.29, 1.82) is 0 Å². The van der Waals surface area contributed by atoms with Crippen molar-refractivity contribution < 1.29 is 9.53 Å². The summed E-state index contributed by atoms with van der Waals surface area (Å²) < 4.78 is 4.23. The number of alkyl halides is 4. The van der Waals surface area contributed by atoms with Gasteiger partial charge in [-0.1, -0.05) is 58.5 Å². The minimum Gasteiger partial charge on any atom is -0.486 e. The molecule has 0 aromatic heterocycles. The van der Waals surface area contributed by atoms with E-state index in [1.165, 1.54) is 7.05 Å². The summed E-state index contributed by atoms with van der Waals surface area (Å²) in [5.41, 5.74) is 0.787. The Morgan fingerprint density at radius 1 is 1.41 bits per heavy atom. The van der Waals surface area contributed by atoms with Gasteiger partial charge < -0.3 is 9.64 Å². The predicted octanol–water partition coefficient (Wildman–Crippen LogP) is 5.48. The maximum atomic E-state index is 12.4. The minimum atomic E-state index is -1.70. The number of nitrogens with zero attached hydrogens (tertiary/aromatic N) is 1. The molecule has 2 rings (SSSR count). The third kappa shape index (κ3) is 3.73. The normalized spacial score (nSPS) is 16.4. The number of thioether (sulfide) groups is 1. The molecule has 1 aliphatic heterocycles. The van der Waals surface area contributed by atoms with Crippen molar-refractivity contribution in [2.75, 3.05) is 7.05 Å². The maximum absolute atomic E-state index is 12.4. The molecule has 0 bridgehead atoms. The molecule has 1 amide bonds. The fraction of sp³-hybridized carbons (Fsp3) is 0.500. The van der Waals surface area contributed by atoms with E-state index >= 15 is 0 Å². The quantitative estimate of drug-likeness (QED) is 0.380. The van der Waals surface area contributed by atoms with Crippen molar-refractivity contribution in [3.05, 3.63) is 23.8 Å². The van der Waals surface area contributed by atoms with Crippen LogP contribution < -0.4 is 4.74 Å². The van der Waals surface area contributed by atoms with Crippen molar-refractivity contribution in [2.24, 2.45) is 0 Å². The molecule has 0 saturated heterocycles. The summed E-state index contributed by atoms with van der Waals surface area (Å²) >= 11 is 24.4. The van der Waals surface area contributed by atoms with Crippen molar-refractivity contribution in [1.82, 2.24) is 4.90 Å². The van der Waals surface area contributed by atoms with Crippen LogP contribution in [0.1, 0.15) is 19.4 Å². The molecule has 0 unspecified atom stereocenters. The molecule has 1 aromatic carbocycles. The fourth-order valence-electron chi connectivity index (χ4n) is 2.10. The fourth-order valence-corrected chi connectivity index (χ4v) is 3.53. The molecular weight excluding hydrogens is 388 g/mol. The van der Waals surface area contributed by atoms with Crippen molar-refractivity contribution in [3.8, 4) is 5.75 Å². The number of hydrogen-bond donors (Lipinski definition) is 0. The summed E-state index contributed by atoms with van der Waals surface area (Å²) in [6.45, 7) is 4.01. The molecule has 0 N–H and O–H groups in total. The molecule has 0 radical (unpaired) electrons. The molecule has 0 saturated carbocycles. The Kier molecular flexibility index (Phi) is 5.40. The van der Waals surface area contributed by atoms with Crippen LogP contribution in [0.5, 0.6) is 5.75 Å². The van der Waals surface area contributed by atoms with Gasteiger partial charge in [0.1, 0.15) is 11.4 Å². The molecule has 0 aliphatic carbocycles. The van der Waals surface area contributed by atoms with Gasteiger partial charge in [0, 0.05) is 13.5 Å². The second kappa shape index (κ2) is 6.48. The van der Waals surface area contributed by atoms with Crippen molar-refractivity contribution in [2.45, 2.75) is 40.1 Å². The van der Waals surface area contributed by atoms with E-state index in [1.54, 1.807) is 0 Å². The average molecular weight is 403 g/mol. The van der Waals surface area contributed by atoms with E-state index in [9.17, 15) is 4.79 Å². The van der Waals surface area contributed by atoms with E-state index in [0.29, 0.717) is 4.90 Å². The van der Waals surface area contributed by atoms with Gasteiger partial charge in [-0.3, -0.25) is 4.79 Å². The minimum absolute atomic E-state index is 0.284. The lowest BCUT2D eigenvalue weighted by Crippen LogP contribution is -2.43. The molecule has 1 aromatic rings. The Bertz CT molecular complexity index is 592. The highest BCUT2D eigenvalue weighted by molar-refractivity contribution is 8.13. The Balaban J connectivity index is 2.20. The van der Waals surface area contributed by atoms with Crippen LogP contribution in [-0.4, -0.2) is 32.1 Å². The Morgan fingerprint density at radius 3 is 2.64 bits per heavy atom. The number of halogens is 4. The van der Waals surface area contributed by atoms with E-state index in [0.717, 1.165) is 34.4 Å². The number of rotatable bonds is 3. The van der Waals surface area contributed by atoms with Crippen LogP contribution in [0.25, 0.3) is 0 Å². The second-order valence-corrected chi connectivity index (χ2v) is 9.03. The van der Waals surface area contributed by atoms with Gasteiger partial charge in [-0.25, -0.2) is 0 Å². The second-order valence-electron chi connectivity index (χ2n) is 5.60. The topological polar surface area (TPSA) is 29.5 Å². The number of carbonyl (C=O) groups excluding carboxylic acids is 1. The highest BCUT2D eigenvalue weighted by Crippen LogP contribution is 2.44. The first-order valence-corrected chi connectivity index (χ1v) is 8.91. The van der Waals surface area contributed by atoms with Crippen LogP contribution in [-0.2, 0) is 6.42 Å². The predicted molar refractivity (Wildman–Crippen MR) is 93.8 cm³/mol.